The van der Waals surface area contributed by atoms with E-state index in [0.29, 0.717) is 28.7 Å². The summed E-state index contributed by atoms with van der Waals surface area (Å²) in [6.07, 6.45) is 6.19. The average molecular weight is 240 g/mol. The number of nitrogen functional groups attached to an aromatic ring is 1. The van der Waals surface area contributed by atoms with Gasteiger partial charge in [-0.1, -0.05) is 5.16 Å². The molecule has 0 saturated carbocycles. The summed E-state index contributed by atoms with van der Waals surface area (Å²) in [5, 5.41) is 3.85. The minimum atomic E-state index is 0.350. The zero-order valence-electron chi connectivity index (χ0n) is 9.19. The van der Waals surface area contributed by atoms with Crippen LogP contribution in [-0.2, 0) is 0 Å². The van der Waals surface area contributed by atoms with Crippen molar-refractivity contribution in [2.45, 2.75) is 0 Å². The van der Waals surface area contributed by atoms with Gasteiger partial charge in [0.1, 0.15) is 12.0 Å². The van der Waals surface area contributed by atoms with E-state index in [9.17, 15) is 0 Å². The fourth-order valence-corrected chi connectivity index (χ4v) is 1.44. The lowest BCUT2D eigenvalue weighted by Crippen LogP contribution is -1.88. The number of anilines is 1. The van der Waals surface area contributed by atoms with Crippen LogP contribution < -0.4 is 5.73 Å². The molecule has 7 heteroatoms. The molecule has 0 aliphatic heterocycles. The molecule has 0 saturated heterocycles. The summed E-state index contributed by atoms with van der Waals surface area (Å²) in [7, 11) is 0. The normalized spacial score (nSPS) is 10.4. The number of pyridine rings is 1. The summed E-state index contributed by atoms with van der Waals surface area (Å²) in [5.74, 6) is 0.748. The summed E-state index contributed by atoms with van der Waals surface area (Å²) < 4.78 is 5.14. The first-order valence-corrected chi connectivity index (χ1v) is 5.14. The van der Waals surface area contributed by atoms with E-state index in [-0.39, 0.29) is 0 Å². The monoisotopic (exact) mass is 240 g/mol. The quantitative estimate of drug-likeness (QED) is 0.716. The van der Waals surface area contributed by atoms with Gasteiger partial charge in [0.25, 0.3) is 5.89 Å². The van der Waals surface area contributed by atoms with Crippen molar-refractivity contribution in [3.8, 4) is 23.0 Å². The van der Waals surface area contributed by atoms with E-state index < -0.39 is 0 Å². The second-order valence-electron chi connectivity index (χ2n) is 3.52. The van der Waals surface area contributed by atoms with Crippen LogP contribution in [0.3, 0.4) is 0 Å². The summed E-state index contributed by atoms with van der Waals surface area (Å²) in [5.41, 5.74) is 7.44. The van der Waals surface area contributed by atoms with Crippen molar-refractivity contribution in [2.24, 2.45) is 0 Å². The molecule has 3 aromatic heterocycles. The molecule has 0 unspecified atom stereocenters. The van der Waals surface area contributed by atoms with Crippen LogP contribution in [0.25, 0.3) is 23.0 Å². The molecule has 0 spiro atoms. The average Bonchev–Trinajstić information content (AvgIpc) is 2.89. The van der Waals surface area contributed by atoms with Crippen LogP contribution in [0.15, 0.2) is 41.6 Å². The molecule has 0 amide bonds. The Hall–Kier alpha value is -2.83. The maximum Gasteiger partial charge on any atom is 0.259 e. The molecule has 0 aromatic carbocycles. The van der Waals surface area contributed by atoms with Gasteiger partial charge >= 0.3 is 0 Å². The van der Waals surface area contributed by atoms with Gasteiger partial charge in [0.15, 0.2) is 0 Å². The number of hydrogen-bond acceptors (Lipinski definition) is 7. The second kappa shape index (κ2) is 4.21. The predicted molar refractivity (Wildman–Crippen MR) is 63.0 cm³/mol. The SMILES string of the molecule is Nc1cncc(-c2nc(-c3ccncn3)no2)c1. The highest BCUT2D eigenvalue weighted by Crippen LogP contribution is 2.21. The van der Waals surface area contributed by atoms with Gasteiger partial charge in [-0.2, -0.15) is 4.98 Å². The Bertz CT molecular complexity index is 666. The third-order valence-corrected chi connectivity index (χ3v) is 2.24. The van der Waals surface area contributed by atoms with Gasteiger partial charge in [-0.25, -0.2) is 9.97 Å². The Kier molecular flexibility index (Phi) is 2.41. The van der Waals surface area contributed by atoms with Crippen molar-refractivity contribution in [1.82, 2.24) is 25.1 Å². The van der Waals surface area contributed by atoms with E-state index in [1.807, 2.05) is 0 Å². The highest BCUT2D eigenvalue weighted by Gasteiger charge is 2.11. The van der Waals surface area contributed by atoms with Crippen LogP contribution in [0.4, 0.5) is 5.69 Å². The third-order valence-electron chi connectivity index (χ3n) is 2.24. The highest BCUT2D eigenvalue weighted by molar-refractivity contribution is 5.59. The van der Waals surface area contributed by atoms with Crippen molar-refractivity contribution >= 4 is 5.69 Å². The smallest absolute Gasteiger partial charge is 0.259 e. The van der Waals surface area contributed by atoms with Crippen LogP contribution in [0.5, 0.6) is 0 Å². The van der Waals surface area contributed by atoms with Gasteiger partial charge in [0, 0.05) is 18.6 Å². The lowest BCUT2D eigenvalue weighted by molar-refractivity contribution is 0.432. The lowest BCUT2D eigenvalue weighted by Gasteiger charge is -1.94. The highest BCUT2D eigenvalue weighted by atomic mass is 16.5. The molecule has 3 rings (SSSR count). The summed E-state index contributed by atoms with van der Waals surface area (Å²) >= 11 is 0. The molecule has 0 bridgehead atoms. The fourth-order valence-electron chi connectivity index (χ4n) is 1.44. The zero-order valence-corrected chi connectivity index (χ0v) is 9.19. The first-order valence-electron chi connectivity index (χ1n) is 5.14. The Morgan fingerprint density at radius 1 is 1.17 bits per heavy atom. The van der Waals surface area contributed by atoms with E-state index in [1.165, 1.54) is 6.33 Å². The first-order chi connectivity index (χ1) is 8.83. The van der Waals surface area contributed by atoms with E-state index >= 15 is 0 Å². The number of aromatic nitrogens is 5. The lowest BCUT2D eigenvalue weighted by atomic mass is 10.2. The maximum absolute atomic E-state index is 5.64. The van der Waals surface area contributed by atoms with Gasteiger partial charge in [-0.05, 0) is 12.1 Å². The Balaban J connectivity index is 2.00. The summed E-state index contributed by atoms with van der Waals surface area (Å²) in [6, 6.07) is 3.41. The second-order valence-corrected chi connectivity index (χ2v) is 3.52. The summed E-state index contributed by atoms with van der Waals surface area (Å²) in [6.45, 7) is 0. The van der Waals surface area contributed by atoms with Crippen LogP contribution >= 0.6 is 0 Å². The molecule has 0 aliphatic rings. The fraction of sp³-hybridized carbons (Fsp3) is 0. The van der Waals surface area contributed by atoms with Gasteiger partial charge in [-0.3, -0.25) is 4.98 Å². The van der Waals surface area contributed by atoms with Crippen molar-refractivity contribution in [3.05, 3.63) is 37.1 Å². The van der Waals surface area contributed by atoms with Crippen molar-refractivity contribution in [1.29, 1.82) is 0 Å². The molecule has 3 aromatic rings. The van der Waals surface area contributed by atoms with Gasteiger partial charge in [0.05, 0.1) is 11.3 Å². The third kappa shape index (κ3) is 1.88. The molecular formula is C11H8N6O. The molecule has 7 nitrogen and oxygen atoms in total. The van der Waals surface area contributed by atoms with Crippen LogP contribution in [-0.4, -0.2) is 25.1 Å². The molecular weight excluding hydrogens is 232 g/mol. The Morgan fingerprint density at radius 2 is 2.11 bits per heavy atom. The molecule has 0 aliphatic carbocycles. The van der Waals surface area contributed by atoms with Gasteiger partial charge in [-0.15, -0.1) is 0 Å². The molecule has 0 atom stereocenters. The molecule has 2 N–H and O–H groups in total. The minimum absolute atomic E-state index is 0.350. The van der Waals surface area contributed by atoms with Crippen LogP contribution in [0, 0.1) is 0 Å². The number of nitrogens with zero attached hydrogens (tertiary/aromatic N) is 5. The van der Waals surface area contributed by atoms with E-state index in [1.54, 1.807) is 30.7 Å². The Labute approximate surface area is 102 Å². The van der Waals surface area contributed by atoms with Crippen molar-refractivity contribution in [3.63, 3.8) is 0 Å². The van der Waals surface area contributed by atoms with E-state index in [4.69, 9.17) is 10.3 Å². The largest absolute Gasteiger partial charge is 0.397 e. The molecule has 3 heterocycles. The topological polar surface area (TPSA) is 104 Å². The standard InChI is InChI=1S/C11H8N6O/c12-8-3-7(4-14-5-8)11-16-10(17-18-11)9-1-2-13-6-15-9/h1-6H,12H2. The number of hydrogen-bond donors (Lipinski definition) is 1. The molecule has 88 valence electrons. The van der Waals surface area contributed by atoms with Gasteiger partial charge < -0.3 is 10.3 Å². The van der Waals surface area contributed by atoms with Gasteiger partial charge in [0.2, 0.25) is 5.82 Å². The minimum Gasteiger partial charge on any atom is -0.397 e. The molecule has 18 heavy (non-hydrogen) atoms. The molecule has 0 radical (unpaired) electrons. The van der Waals surface area contributed by atoms with E-state index in [0.717, 1.165) is 0 Å². The summed E-state index contributed by atoms with van der Waals surface area (Å²) in [4.78, 5) is 16.1. The number of rotatable bonds is 2. The Morgan fingerprint density at radius 3 is 2.89 bits per heavy atom. The maximum atomic E-state index is 5.64. The predicted octanol–water partition coefficient (Wildman–Crippen LogP) is 1.17. The number of nitrogens with two attached hydrogens (primary N) is 1. The first kappa shape index (κ1) is 10.3. The van der Waals surface area contributed by atoms with Crippen molar-refractivity contribution < 1.29 is 4.52 Å². The molecule has 0 fully saturated rings. The zero-order chi connectivity index (χ0) is 12.4. The van der Waals surface area contributed by atoms with Crippen LogP contribution in [0.2, 0.25) is 0 Å². The van der Waals surface area contributed by atoms with E-state index in [2.05, 4.69) is 25.1 Å². The van der Waals surface area contributed by atoms with Crippen LogP contribution in [0.1, 0.15) is 0 Å². The van der Waals surface area contributed by atoms with Crippen molar-refractivity contribution in [2.75, 3.05) is 5.73 Å².